The van der Waals surface area contributed by atoms with Gasteiger partial charge in [0.1, 0.15) is 11.5 Å². The fourth-order valence-electron chi connectivity index (χ4n) is 4.18. The molecule has 2 aliphatic heterocycles. The Morgan fingerprint density at radius 2 is 1.82 bits per heavy atom. The lowest BCUT2D eigenvalue weighted by Crippen LogP contribution is -2.78. The molecule has 0 saturated carbocycles. The van der Waals surface area contributed by atoms with Crippen LogP contribution in [0.5, 0.6) is 0 Å². The predicted octanol–water partition coefficient (Wildman–Crippen LogP) is 3.36. The lowest BCUT2D eigenvalue weighted by molar-refractivity contribution is -0.156. The van der Waals surface area contributed by atoms with E-state index in [1.807, 2.05) is 0 Å². The molecule has 1 unspecified atom stereocenters. The molecule has 2 atom stereocenters. The van der Waals surface area contributed by atoms with Gasteiger partial charge in [-0.3, -0.25) is 0 Å². The number of nitrogens with zero attached hydrogens (tertiary/aromatic N) is 6. The first-order chi connectivity index (χ1) is 16.3. The summed E-state index contributed by atoms with van der Waals surface area (Å²) in [6, 6.07) is 12.4. The number of alkyl halides is 3. The maximum absolute atomic E-state index is 14.4. The Hall–Kier alpha value is -3.80. The normalized spacial score (nSPS) is 19.5. The molecular weight excluding hydrogens is 454 g/mol. The van der Waals surface area contributed by atoms with Crippen molar-refractivity contribution in [1.82, 2.24) is 30.5 Å². The summed E-state index contributed by atoms with van der Waals surface area (Å²) in [5, 5.41) is 18.2. The van der Waals surface area contributed by atoms with Gasteiger partial charge < -0.3 is 14.6 Å². The summed E-state index contributed by atoms with van der Waals surface area (Å²) in [7, 11) is 0. The van der Waals surface area contributed by atoms with E-state index in [2.05, 4.69) is 30.7 Å². The maximum atomic E-state index is 14.4. The first-order valence-corrected chi connectivity index (χ1v) is 10.6. The van der Waals surface area contributed by atoms with E-state index in [9.17, 15) is 17.6 Å². The zero-order chi connectivity index (χ0) is 23.4. The Morgan fingerprint density at radius 3 is 2.47 bits per heavy atom. The summed E-state index contributed by atoms with van der Waals surface area (Å²) in [6.07, 6.45) is -2.92. The smallest absolute Gasteiger partial charge is 0.413 e. The Labute approximate surface area is 190 Å². The van der Waals surface area contributed by atoms with E-state index in [1.54, 1.807) is 47.3 Å². The van der Waals surface area contributed by atoms with Crippen LogP contribution in [0.1, 0.15) is 11.5 Å². The predicted molar refractivity (Wildman–Crippen MR) is 112 cm³/mol. The number of rotatable bonds is 5. The Morgan fingerprint density at radius 1 is 1.03 bits per heavy atom. The van der Waals surface area contributed by atoms with Crippen molar-refractivity contribution in [3.63, 3.8) is 0 Å². The van der Waals surface area contributed by atoms with Crippen LogP contribution in [0.3, 0.4) is 0 Å². The van der Waals surface area contributed by atoms with Crippen LogP contribution in [-0.2, 0) is 12.7 Å². The fraction of sp³-hybridized carbons (Fsp3) is 0.273. The monoisotopic (exact) mass is 471 g/mol. The second-order valence-electron chi connectivity index (χ2n) is 8.31. The van der Waals surface area contributed by atoms with Crippen LogP contribution < -0.4 is 10.2 Å². The molecule has 12 heteroatoms. The molecule has 2 fully saturated rings. The third-order valence-electron chi connectivity index (χ3n) is 6.15. The number of fused-ring (bicyclic) bond motifs is 1. The molecule has 0 bridgehead atoms. The summed E-state index contributed by atoms with van der Waals surface area (Å²) < 4.78 is 58.7. The van der Waals surface area contributed by atoms with Gasteiger partial charge in [-0.25, -0.2) is 9.07 Å². The fourth-order valence-corrected chi connectivity index (χ4v) is 4.18. The van der Waals surface area contributed by atoms with E-state index >= 15 is 0 Å². The van der Waals surface area contributed by atoms with Gasteiger partial charge in [0.05, 0.1) is 24.5 Å². The second kappa shape index (κ2) is 7.62. The van der Waals surface area contributed by atoms with Crippen LogP contribution in [0.25, 0.3) is 22.7 Å². The van der Waals surface area contributed by atoms with Crippen molar-refractivity contribution in [3.8, 4) is 22.7 Å². The molecule has 2 aromatic carbocycles. The minimum absolute atomic E-state index is 0.208. The van der Waals surface area contributed by atoms with Crippen LogP contribution in [0.2, 0.25) is 0 Å². The first kappa shape index (κ1) is 20.8. The zero-order valence-corrected chi connectivity index (χ0v) is 17.5. The van der Waals surface area contributed by atoms with Crippen LogP contribution >= 0.6 is 0 Å². The third-order valence-corrected chi connectivity index (χ3v) is 6.15. The quantitative estimate of drug-likeness (QED) is 0.447. The highest BCUT2D eigenvalue weighted by atomic mass is 19.4. The topological polar surface area (TPSA) is 84.9 Å². The van der Waals surface area contributed by atoms with Gasteiger partial charge in [-0.2, -0.15) is 13.2 Å². The maximum Gasteiger partial charge on any atom is 0.470 e. The molecule has 0 spiro atoms. The largest absolute Gasteiger partial charge is 0.470 e. The van der Waals surface area contributed by atoms with Gasteiger partial charge >= 0.3 is 12.1 Å². The van der Waals surface area contributed by atoms with Gasteiger partial charge in [0.25, 0.3) is 0 Å². The lowest BCUT2D eigenvalue weighted by atomic mass is 9.87. The molecule has 0 aliphatic carbocycles. The van der Waals surface area contributed by atoms with Crippen LogP contribution in [0, 0.1) is 5.82 Å². The summed E-state index contributed by atoms with van der Waals surface area (Å²) in [4.78, 5) is 2.06. The number of halogens is 4. The van der Waals surface area contributed by atoms with Crippen molar-refractivity contribution in [2.45, 2.75) is 24.8 Å². The van der Waals surface area contributed by atoms with Crippen molar-refractivity contribution < 1.29 is 22.0 Å². The van der Waals surface area contributed by atoms with Gasteiger partial charge in [0.15, 0.2) is 0 Å². The number of hydrogen-bond donors (Lipinski definition) is 1. The van der Waals surface area contributed by atoms with Crippen LogP contribution in [0.4, 0.5) is 23.2 Å². The molecule has 2 aliphatic rings. The SMILES string of the molecule is Fc1ccc(-c2cn(Cc3ccc(-c4nnc(C(F)(F)F)o4)cc3)nn2)cc1N1CC2NC[C@H]21. The second-order valence-corrected chi connectivity index (χ2v) is 8.31. The number of benzene rings is 2. The number of hydrogen-bond acceptors (Lipinski definition) is 7. The molecule has 174 valence electrons. The standard InChI is InChI=1S/C22H17F4N7O/c23-15-6-5-14(7-18(15)33-11-17-19(33)8-27-17)16-10-32(31-28-16)9-12-1-3-13(4-2-12)20-29-30-21(34-20)22(24,25)26/h1-7,10,17,19,27H,8-9,11H2/t17?,19-/m1/s1. The first-order valence-electron chi connectivity index (χ1n) is 10.6. The lowest BCUT2D eigenvalue weighted by Gasteiger charge is -2.57. The highest BCUT2D eigenvalue weighted by Crippen LogP contribution is 2.35. The summed E-state index contributed by atoms with van der Waals surface area (Å²) in [5.74, 6) is -1.85. The Balaban J connectivity index is 1.16. The third kappa shape index (κ3) is 3.59. The molecule has 34 heavy (non-hydrogen) atoms. The molecule has 0 radical (unpaired) electrons. The molecular formula is C22H17F4N7O. The molecule has 4 heterocycles. The van der Waals surface area contributed by atoms with Crippen molar-refractivity contribution in [1.29, 1.82) is 0 Å². The summed E-state index contributed by atoms with van der Waals surface area (Å²) in [6.45, 7) is 2.04. The summed E-state index contributed by atoms with van der Waals surface area (Å²) in [5.41, 5.74) is 3.18. The van der Waals surface area contributed by atoms with Crippen molar-refractivity contribution in [2.75, 3.05) is 18.0 Å². The van der Waals surface area contributed by atoms with E-state index in [-0.39, 0.29) is 11.7 Å². The molecule has 6 rings (SSSR count). The molecule has 4 aromatic rings. The zero-order valence-electron chi connectivity index (χ0n) is 17.5. The minimum atomic E-state index is -4.69. The number of nitrogens with one attached hydrogen (secondary N) is 1. The molecule has 2 saturated heterocycles. The van der Waals surface area contributed by atoms with Gasteiger partial charge in [0.2, 0.25) is 5.89 Å². The molecule has 1 N–H and O–H groups in total. The average molecular weight is 471 g/mol. The molecule has 0 amide bonds. The van der Waals surface area contributed by atoms with Gasteiger partial charge in [-0.15, -0.1) is 15.3 Å². The van der Waals surface area contributed by atoms with Crippen LogP contribution in [-0.4, -0.2) is 50.4 Å². The van der Waals surface area contributed by atoms with Crippen LogP contribution in [0.15, 0.2) is 53.1 Å². The van der Waals surface area contributed by atoms with Crippen molar-refractivity contribution in [2.24, 2.45) is 0 Å². The molecule has 8 nitrogen and oxygen atoms in total. The summed E-state index contributed by atoms with van der Waals surface area (Å²) >= 11 is 0. The average Bonchev–Trinajstić information content (AvgIpc) is 3.47. The highest BCUT2D eigenvalue weighted by molar-refractivity contribution is 5.67. The van der Waals surface area contributed by atoms with E-state index in [4.69, 9.17) is 4.42 Å². The number of aromatic nitrogens is 5. The highest BCUT2D eigenvalue weighted by Gasteiger charge is 2.46. The Kier molecular flexibility index (Phi) is 4.66. The van der Waals surface area contributed by atoms with E-state index < -0.39 is 12.1 Å². The van der Waals surface area contributed by atoms with Gasteiger partial charge in [-0.05, 0) is 35.9 Å². The van der Waals surface area contributed by atoms with E-state index in [0.717, 1.165) is 24.2 Å². The van der Waals surface area contributed by atoms with Crippen molar-refractivity contribution >= 4 is 5.69 Å². The van der Waals surface area contributed by atoms with Gasteiger partial charge in [-0.1, -0.05) is 17.3 Å². The van der Waals surface area contributed by atoms with E-state index in [1.165, 1.54) is 6.07 Å². The molecule has 2 aromatic heterocycles. The Bertz CT molecular complexity index is 1350. The van der Waals surface area contributed by atoms with Gasteiger partial charge in [0, 0.05) is 30.3 Å². The van der Waals surface area contributed by atoms with Crippen molar-refractivity contribution in [3.05, 3.63) is 65.9 Å². The minimum Gasteiger partial charge on any atom is -0.413 e. The number of anilines is 1. The number of piperazine rings is 1. The van der Waals surface area contributed by atoms with E-state index in [0.29, 0.717) is 35.6 Å².